The Bertz CT molecular complexity index is 607. The molecule has 2 aromatic rings. The Hall–Kier alpha value is -2.81. The second kappa shape index (κ2) is 3.98. The van der Waals surface area contributed by atoms with Crippen molar-refractivity contribution in [3.63, 3.8) is 0 Å². The summed E-state index contributed by atoms with van der Waals surface area (Å²) in [5.74, 6) is -0.308. The van der Waals surface area contributed by atoms with Crippen molar-refractivity contribution in [1.29, 1.82) is 5.26 Å². The predicted octanol–water partition coefficient (Wildman–Crippen LogP) is 0.894. The Morgan fingerprint density at radius 1 is 1.35 bits per heavy atom. The van der Waals surface area contributed by atoms with Gasteiger partial charge >= 0.3 is 0 Å². The Morgan fingerprint density at radius 2 is 2.00 bits per heavy atom. The molecule has 1 aromatic heterocycles. The van der Waals surface area contributed by atoms with Crippen molar-refractivity contribution in [2.75, 3.05) is 5.73 Å². The van der Waals surface area contributed by atoms with Gasteiger partial charge in [0.25, 0.3) is 0 Å². The largest absolute Gasteiger partial charge is 0.419 e. The average Bonchev–Trinajstić information content (AvgIpc) is 2.70. The molecule has 0 spiro atoms. The van der Waals surface area contributed by atoms with Crippen molar-refractivity contribution in [3.05, 3.63) is 35.5 Å². The summed E-state index contributed by atoms with van der Waals surface area (Å²) in [7, 11) is 0. The summed E-state index contributed by atoms with van der Waals surface area (Å²) in [6, 6.07) is 8.14. The lowest BCUT2D eigenvalue weighted by Crippen LogP contribution is -2.10. The van der Waals surface area contributed by atoms with E-state index in [2.05, 4.69) is 4.98 Å². The van der Waals surface area contributed by atoms with Crippen LogP contribution in [0, 0.1) is 11.3 Å². The molecule has 17 heavy (non-hydrogen) atoms. The molecule has 0 fully saturated rings. The van der Waals surface area contributed by atoms with Crippen molar-refractivity contribution in [3.8, 4) is 17.5 Å². The van der Waals surface area contributed by atoms with Crippen molar-refractivity contribution in [2.24, 2.45) is 5.73 Å². The first-order valence-corrected chi connectivity index (χ1v) is 4.68. The zero-order valence-electron chi connectivity index (χ0n) is 8.68. The molecule has 4 N–H and O–H groups in total. The number of anilines is 1. The minimum absolute atomic E-state index is 0.0264. The van der Waals surface area contributed by atoms with Gasteiger partial charge in [0.05, 0.1) is 0 Å². The molecule has 1 amide bonds. The quantitative estimate of drug-likeness (QED) is 0.791. The monoisotopic (exact) mass is 228 g/mol. The van der Waals surface area contributed by atoms with E-state index in [0.29, 0.717) is 11.1 Å². The van der Waals surface area contributed by atoms with E-state index >= 15 is 0 Å². The van der Waals surface area contributed by atoms with Crippen LogP contribution < -0.4 is 11.5 Å². The first-order valence-electron chi connectivity index (χ1n) is 4.68. The fourth-order valence-electron chi connectivity index (χ4n) is 1.31. The van der Waals surface area contributed by atoms with E-state index in [9.17, 15) is 4.79 Å². The molecule has 1 heterocycles. The number of nitrogens with zero attached hydrogens (tertiary/aromatic N) is 2. The molecule has 2 rings (SSSR count). The summed E-state index contributed by atoms with van der Waals surface area (Å²) in [5.41, 5.74) is 11.6. The van der Waals surface area contributed by atoms with Gasteiger partial charge in [-0.05, 0) is 24.3 Å². The molecule has 1 aromatic carbocycles. The zero-order valence-corrected chi connectivity index (χ0v) is 8.68. The number of oxazole rings is 1. The van der Waals surface area contributed by atoms with E-state index in [1.165, 1.54) is 0 Å². The van der Waals surface area contributed by atoms with Gasteiger partial charge in [0.1, 0.15) is 6.07 Å². The van der Waals surface area contributed by atoms with E-state index in [0.717, 1.165) is 0 Å². The van der Waals surface area contributed by atoms with Gasteiger partial charge in [-0.15, -0.1) is 0 Å². The number of amides is 1. The molecule has 0 saturated heterocycles. The van der Waals surface area contributed by atoms with E-state index in [-0.39, 0.29) is 17.5 Å². The fraction of sp³-hybridized carbons (Fsp3) is 0. The molecule has 0 bridgehead atoms. The standard InChI is InChI=1S/C11H8N4O2/c12-5-8-10(14)17-11(15-8)7-3-1-6(2-4-7)9(13)16/h1-4H,14H2,(H2,13,16). The molecule has 0 saturated carbocycles. The van der Waals surface area contributed by atoms with Gasteiger partial charge < -0.3 is 15.9 Å². The van der Waals surface area contributed by atoms with E-state index in [1.54, 1.807) is 24.3 Å². The maximum absolute atomic E-state index is 10.9. The Kier molecular flexibility index (Phi) is 2.51. The number of benzene rings is 1. The lowest BCUT2D eigenvalue weighted by Gasteiger charge is -1.97. The third-order valence-electron chi connectivity index (χ3n) is 2.18. The summed E-state index contributed by atoms with van der Waals surface area (Å²) in [4.78, 5) is 14.8. The van der Waals surface area contributed by atoms with Crippen LogP contribution in [-0.2, 0) is 0 Å². The minimum atomic E-state index is -0.513. The molecule has 0 atom stereocenters. The number of nitrogens with two attached hydrogens (primary N) is 2. The third-order valence-corrected chi connectivity index (χ3v) is 2.18. The van der Waals surface area contributed by atoms with E-state index < -0.39 is 5.91 Å². The highest BCUT2D eigenvalue weighted by Gasteiger charge is 2.11. The molecule has 6 nitrogen and oxygen atoms in total. The summed E-state index contributed by atoms with van der Waals surface area (Å²) in [6.07, 6.45) is 0. The lowest BCUT2D eigenvalue weighted by molar-refractivity contribution is 0.100. The van der Waals surface area contributed by atoms with Crippen LogP contribution in [0.2, 0.25) is 0 Å². The Balaban J connectivity index is 2.40. The Labute approximate surface area is 96.5 Å². The van der Waals surface area contributed by atoms with Crippen LogP contribution in [0.15, 0.2) is 28.7 Å². The van der Waals surface area contributed by atoms with E-state index in [1.807, 2.05) is 6.07 Å². The number of rotatable bonds is 2. The maximum Gasteiger partial charge on any atom is 0.248 e. The highest BCUT2D eigenvalue weighted by Crippen LogP contribution is 2.23. The van der Waals surface area contributed by atoms with Gasteiger partial charge in [-0.25, -0.2) is 0 Å². The first-order chi connectivity index (χ1) is 8.11. The summed E-state index contributed by atoms with van der Waals surface area (Å²) in [5, 5.41) is 8.68. The maximum atomic E-state index is 10.9. The van der Waals surface area contributed by atoms with Crippen LogP contribution in [0.25, 0.3) is 11.5 Å². The molecule has 0 aliphatic rings. The van der Waals surface area contributed by atoms with Gasteiger partial charge in [0.15, 0.2) is 0 Å². The average molecular weight is 228 g/mol. The fourth-order valence-corrected chi connectivity index (χ4v) is 1.31. The summed E-state index contributed by atoms with van der Waals surface area (Å²) < 4.78 is 5.12. The molecule has 0 aliphatic heterocycles. The van der Waals surface area contributed by atoms with Gasteiger partial charge in [-0.1, -0.05) is 0 Å². The first kappa shape index (κ1) is 10.7. The number of nitrogen functional groups attached to an aromatic ring is 1. The molecular formula is C11H8N4O2. The second-order valence-corrected chi connectivity index (χ2v) is 3.29. The number of hydrogen-bond acceptors (Lipinski definition) is 5. The molecule has 0 unspecified atom stereocenters. The van der Waals surface area contributed by atoms with Crippen LogP contribution in [-0.4, -0.2) is 10.9 Å². The minimum Gasteiger partial charge on any atom is -0.419 e. The van der Waals surface area contributed by atoms with E-state index in [4.69, 9.17) is 21.1 Å². The van der Waals surface area contributed by atoms with Crippen LogP contribution in [0.1, 0.15) is 16.1 Å². The SMILES string of the molecule is N#Cc1nc(-c2ccc(C(N)=O)cc2)oc1N. The highest BCUT2D eigenvalue weighted by molar-refractivity contribution is 5.93. The highest BCUT2D eigenvalue weighted by atomic mass is 16.4. The molecule has 0 radical (unpaired) electrons. The zero-order chi connectivity index (χ0) is 12.4. The number of nitriles is 1. The van der Waals surface area contributed by atoms with Crippen molar-refractivity contribution in [2.45, 2.75) is 0 Å². The molecule has 84 valence electrons. The molecular weight excluding hydrogens is 220 g/mol. The molecule has 0 aliphatic carbocycles. The van der Waals surface area contributed by atoms with Crippen LogP contribution in [0.3, 0.4) is 0 Å². The van der Waals surface area contributed by atoms with Gasteiger partial charge in [-0.3, -0.25) is 4.79 Å². The number of carbonyl (C=O) groups excluding carboxylic acids is 1. The topological polar surface area (TPSA) is 119 Å². The molecule has 6 heteroatoms. The van der Waals surface area contributed by atoms with Gasteiger partial charge in [-0.2, -0.15) is 10.2 Å². The predicted molar refractivity (Wildman–Crippen MR) is 59.6 cm³/mol. The van der Waals surface area contributed by atoms with Crippen LogP contribution >= 0.6 is 0 Å². The lowest BCUT2D eigenvalue weighted by atomic mass is 10.1. The number of aromatic nitrogens is 1. The number of primary amides is 1. The van der Waals surface area contributed by atoms with Gasteiger partial charge in [0.2, 0.25) is 23.4 Å². The number of hydrogen-bond donors (Lipinski definition) is 2. The summed E-state index contributed by atoms with van der Waals surface area (Å²) >= 11 is 0. The van der Waals surface area contributed by atoms with Crippen molar-refractivity contribution >= 4 is 11.8 Å². The summed E-state index contributed by atoms with van der Waals surface area (Å²) in [6.45, 7) is 0. The second-order valence-electron chi connectivity index (χ2n) is 3.29. The van der Waals surface area contributed by atoms with Crippen LogP contribution in [0.5, 0.6) is 0 Å². The normalized spacial score (nSPS) is 9.82. The third kappa shape index (κ3) is 1.94. The Morgan fingerprint density at radius 3 is 2.47 bits per heavy atom. The smallest absolute Gasteiger partial charge is 0.248 e. The van der Waals surface area contributed by atoms with Crippen LogP contribution in [0.4, 0.5) is 5.88 Å². The van der Waals surface area contributed by atoms with Crippen molar-refractivity contribution < 1.29 is 9.21 Å². The van der Waals surface area contributed by atoms with Crippen molar-refractivity contribution in [1.82, 2.24) is 4.98 Å². The number of carbonyl (C=O) groups is 1. The van der Waals surface area contributed by atoms with Gasteiger partial charge in [0, 0.05) is 11.1 Å².